The van der Waals surface area contributed by atoms with Crippen LogP contribution in [0.2, 0.25) is 0 Å². The first-order valence-corrected chi connectivity index (χ1v) is 10.7. The van der Waals surface area contributed by atoms with Gasteiger partial charge < -0.3 is 5.73 Å². The van der Waals surface area contributed by atoms with Gasteiger partial charge in [0, 0.05) is 18.9 Å². The molecule has 0 aliphatic carbocycles. The minimum absolute atomic E-state index is 0.0293. The number of nitrogens with two attached hydrogens (primary N) is 1. The molecule has 0 saturated heterocycles. The van der Waals surface area contributed by atoms with Gasteiger partial charge in [0.1, 0.15) is 11.4 Å². The first kappa shape index (κ1) is 21.6. The molecule has 3 rings (SSSR count). The maximum absolute atomic E-state index is 12.8. The molecule has 0 bridgehead atoms. The molecule has 0 spiro atoms. The molecule has 30 heavy (non-hydrogen) atoms. The molecule has 8 nitrogen and oxygen atoms in total. The van der Waals surface area contributed by atoms with Crippen molar-refractivity contribution in [2.24, 2.45) is 0 Å². The van der Waals surface area contributed by atoms with Crippen molar-refractivity contribution in [2.45, 2.75) is 44.8 Å². The lowest BCUT2D eigenvalue weighted by Gasteiger charge is -2.15. The van der Waals surface area contributed by atoms with Gasteiger partial charge in [-0.05, 0) is 24.0 Å². The SMILES string of the molecule is CCCn1c(N)c(C(=O)CSc2nccn2-c2ccccc2C(C)C)c(=O)[nH]c1=O. The molecule has 0 saturated carbocycles. The predicted molar refractivity (Wildman–Crippen MR) is 119 cm³/mol. The highest BCUT2D eigenvalue weighted by Crippen LogP contribution is 2.27. The van der Waals surface area contributed by atoms with Crippen LogP contribution in [0.25, 0.3) is 5.69 Å². The van der Waals surface area contributed by atoms with Crippen molar-refractivity contribution in [1.29, 1.82) is 0 Å². The highest BCUT2D eigenvalue weighted by atomic mass is 32.2. The summed E-state index contributed by atoms with van der Waals surface area (Å²) in [6, 6.07) is 8.02. The van der Waals surface area contributed by atoms with Crippen LogP contribution in [0.5, 0.6) is 0 Å². The molecule has 0 aliphatic heterocycles. The Balaban J connectivity index is 1.88. The number of H-pyrrole nitrogens is 1. The number of Topliss-reactive ketones (excluding diaryl/α,β-unsaturated/α-hetero) is 1. The molecule has 158 valence electrons. The van der Waals surface area contributed by atoms with E-state index in [-0.39, 0.29) is 17.1 Å². The number of hydrogen-bond acceptors (Lipinski definition) is 6. The average Bonchev–Trinajstić information content (AvgIpc) is 3.17. The summed E-state index contributed by atoms with van der Waals surface area (Å²) in [5, 5.41) is 0.633. The second kappa shape index (κ2) is 9.17. The Morgan fingerprint density at radius 1 is 1.27 bits per heavy atom. The number of anilines is 1. The van der Waals surface area contributed by atoms with Gasteiger partial charge in [-0.1, -0.05) is 50.7 Å². The van der Waals surface area contributed by atoms with Crippen LogP contribution in [0.1, 0.15) is 49.0 Å². The van der Waals surface area contributed by atoms with Crippen LogP contribution in [-0.4, -0.2) is 30.6 Å². The lowest BCUT2D eigenvalue weighted by Crippen LogP contribution is -2.36. The number of nitrogen functional groups attached to an aromatic ring is 1. The highest BCUT2D eigenvalue weighted by Gasteiger charge is 2.20. The maximum Gasteiger partial charge on any atom is 0.329 e. The minimum Gasteiger partial charge on any atom is -0.384 e. The maximum atomic E-state index is 12.8. The fraction of sp³-hybridized carbons (Fsp3) is 0.333. The van der Waals surface area contributed by atoms with Gasteiger partial charge in [-0.2, -0.15) is 0 Å². The lowest BCUT2D eigenvalue weighted by atomic mass is 10.0. The zero-order chi connectivity index (χ0) is 21.8. The molecule has 1 aromatic carbocycles. The summed E-state index contributed by atoms with van der Waals surface area (Å²) in [7, 11) is 0. The molecular formula is C21H25N5O3S. The second-order valence-electron chi connectivity index (χ2n) is 7.18. The summed E-state index contributed by atoms with van der Waals surface area (Å²) < 4.78 is 3.15. The molecular weight excluding hydrogens is 402 g/mol. The van der Waals surface area contributed by atoms with E-state index in [0.717, 1.165) is 11.3 Å². The summed E-state index contributed by atoms with van der Waals surface area (Å²) in [6.07, 6.45) is 4.16. The number of benzene rings is 1. The van der Waals surface area contributed by atoms with Crippen molar-refractivity contribution in [3.8, 4) is 5.69 Å². The molecule has 3 N–H and O–H groups in total. The summed E-state index contributed by atoms with van der Waals surface area (Å²) in [6.45, 7) is 6.44. The normalized spacial score (nSPS) is 11.2. The van der Waals surface area contributed by atoms with E-state index in [2.05, 4.69) is 29.9 Å². The molecule has 3 aromatic rings. The topological polar surface area (TPSA) is 116 Å². The summed E-state index contributed by atoms with van der Waals surface area (Å²) in [4.78, 5) is 43.5. The number of ketones is 1. The molecule has 0 amide bonds. The van der Waals surface area contributed by atoms with Crippen LogP contribution in [0.4, 0.5) is 5.82 Å². The monoisotopic (exact) mass is 427 g/mol. The van der Waals surface area contributed by atoms with Gasteiger partial charge in [-0.15, -0.1) is 0 Å². The van der Waals surface area contributed by atoms with Crippen molar-refractivity contribution in [1.82, 2.24) is 19.1 Å². The van der Waals surface area contributed by atoms with Gasteiger partial charge in [-0.3, -0.25) is 23.7 Å². The van der Waals surface area contributed by atoms with Crippen LogP contribution in [-0.2, 0) is 6.54 Å². The summed E-state index contributed by atoms with van der Waals surface area (Å²) >= 11 is 1.22. The van der Waals surface area contributed by atoms with E-state index in [4.69, 9.17) is 5.73 Å². The largest absolute Gasteiger partial charge is 0.384 e. The Morgan fingerprint density at radius 3 is 2.70 bits per heavy atom. The Morgan fingerprint density at radius 2 is 2.00 bits per heavy atom. The van der Waals surface area contributed by atoms with Crippen LogP contribution in [0.3, 0.4) is 0 Å². The number of imidazole rings is 1. The van der Waals surface area contributed by atoms with Crippen LogP contribution < -0.4 is 17.0 Å². The van der Waals surface area contributed by atoms with E-state index >= 15 is 0 Å². The van der Waals surface area contributed by atoms with Crippen molar-refractivity contribution in [3.63, 3.8) is 0 Å². The van der Waals surface area contributed by atoms with E-state index in [1.54, 1.807) is 6.20 Å². The van der Waals surface area contributed by atoms with Crippen LogP contribution in [0.15, 0.2) is 51.4 Å². The number of carbonyl (C=O) groups excluding carboxylic acids is 1. The molecule has 2 aromatic heterocycles. The summed E-state index contributed by atoms with van der Waals surface area (Å²) in [5.41, 5.74) is 6.59. The van der Waals surface area contributed by atoms with Crippen molar-refractivity contribution in [3.05, 3.63) is 68.6 Å². The number of hydrogen-bond donors (Lipinski definition) is 2. The van der Waals surface area contributed by atoms with Crippen molar-refractivity contribution in [2.75, 3.05) is 11.5 Å². The average molecular weight is 428 g/mol. The Hall–Kier alpha value is -3.07. The van der Waals surface area contributed by atoms with Crippen LogP contribution in [0, 0.1) is 0 Å². The number of aromatic amines is 1. The zero-order valence-corrected chi connectivity index (χ0v) is 18.0. The molecule has 0 radical (unpaired) electrons. The van der Waals surface area contributed by atoms with Gasteiger partial charge in [0.05, 0.1) is 11.4 Å². The van der Waals surface area contributed by atoms with Gasteiger partial charge in [0.15, 0.2) is 10.9 Å². The second-order valence-corrected chi connectivity index (χ2v) is 8.12. The number of nitrogens with one attached hydrogen (secondary N) is 1. The third kappa shape index (κ3) is 4.25. The van der Waals surface area contributed by atoms with E-state index < -0.39 is 17.0 Å². The number of nitrogens with zero attached hydrogens (tertiary/aromatic N) is 3. The molecule has 0 unspecified atom stereocenters. The fourth-order valence-corrected chi connectivity index (χ4v) is 4.12. The third-order valence-corrected chi connectivity index (χ3v) is 5.69. The first-order chi connectivity index (χ1) is 14.3. The molecule has 0 aliphatic rings. The van der Waals surface area contributed by atoms with E-state index in [9.17, 15) is 14.4 Å². The first-order valence-electron chi connectivity index (χ1n) is 9.76. The van der Waals surface area contributed by atoms with Gasteiger partial charge >= 0.3 is 5.69 Å². The van der Waals surface area contributed by atoms with Gasteiger partial charge in [-0.25, -0.2) is 9.78 Å². The van der Waals surface area contributed by atoms with E-state index in [1.165, 1.54) is 16.3 Å². The summed E-state index contributed by atoms with van der Waals surface area (Å²) in [5.74, 6) is -0.251. The minimum atomic E-state index is -0.760. The van der Waals surface area contributed by atoms with Crippen molar-refractivity contribution >= 4 is 23.4 Å². The molecule has 9 heteroatoms. The smallest absolute Gasteiger partial charge is 0.329 e. The molecule has 0 fully saturated rings. The zero-order valence-electron chi connectivity index (χ0n) is 17.2. The number of thioether (sulfide) groups is 1. The predicted octanol–water partition coefficient (Wildman–Crippen LogP) is 2.81. The highest BCUT2D eigenvalue weighted by molar-refractivity contribution is 7.99. The van der Waals surface area contributed by atoms with Gasteiger partial charge in [0.25, 0.3) is 5.56 Å². The molecule has 0 atom stereocenters. The quantitative estimate of drug-likeness (QED) is 0.422. The number of rotatable bonds is 8. The third-order valence-electron chi connectivity index (χ3n) is 4.72. The standard InChI is InChI=1S/C21H25N5O3S/c1-4-10-26-18(22)17(19(28)24-20(26)29)16(27)12-30-21-23-9-11-25(21)15-8-6-5-7-14(15)13(2)3/h5-9,11,13H,4,10,12,22H2,1-3H3,(H,24,28,29). The van der Waals surface area contributed by atoms with Crippen molar-refractivity contribution < 1.29 is 4.79 Å². The van der Waals surface area contributed by atoms with E-state index in [0.29, 0.717) is 24.0 Å². The Labute approximate surface area is 178 Å². The fourth-order valence-electron chi connectivity index (χ4n) is 3.28. The number of carbonyl (C=O) groups is 1. The van der Waals surface area contributed by atoms with Gasteiger partial charge in [0.2, 0.25) is 0 Å². The van der Waals surface area contributed by atoms with Crippen LogP contribution >= 0.6 is 11.8 Å². The van der Waals surface area contributed by atoms with E-state index in [1.807, 2.05) is 35.9 Å². The Kier molecular flexibility index (Phi) is 6.61. The lowest BCUT2D eigenvalue weighted by molar-refractivity contribution is 0.102. The Bertz CT molecular complexity index is 1180. The number of aromatic nitrogens is 4. The number of para-hydroxylation sites is 1. The molecule has 2 heterocycles.